The monoisotopic (exact) mass is 1020 g/mol. The minimum Gasteiger partial charge on any atom is -0.379 e. The van der Waals surface area contributed by atoms with Gasteiger partial charge in [0.05, 0.1) is 61.6 Å². The van der Waals surface area contributed by atoms with Crippen molar-refractivity contribution in [1.82, 2.24) is 51.3 Å². The minimum absolute atomic E-state index is 0.0729. The van der Waals surface area contributed by atoms with E-state index in [4.69, 9.17) is 9.47 Å². The summed E-state index contributed by atoms with van der Waals surface area (Å²) in [6, 6.07) is 5.27. The first-order valence-electron chi connectivity index (χ1n) is 25.6. The lowest BCUT2D eigenvalue weighted by molar-refractivity contribution is -0.137. The van der Waals surface area contributed by atoms with E-state index in [1.165, 1.54) is 12.4 Å². The Morgan fingerprint density at radius 1 is 0.836 bits per heavy atom. The van der Waals surface area contributed by atoms with Crippen LogP contribution in [0.5, 0.6) is 0 Å². The first-order chi connectivity index (χ1) is 35.0. The molecule has 22 heteroatoms. The van der Waals surface area contributed by atoms with Gasteiger partial charge in [0.1, 0.15) is 18.2 Å². The molecule has 2 saturated heterocycles. The second-order valence-corrected chi connectivity index (χ2v) is 20.0. The minimum atomic E-state index is -4.55. The molecule has 6 amide bonds. The number of aromatic nitrogens is 3. The van der Waals surface area contributed by atoms with Crippen molar-refractivity contribution in [2.45, 2.75) is 127 Å². The highest BCUT2D eigenvalue weighted by Crippen LogP contribution is 2.37. The van der Waals surface area contributed by atoms with Gasteiger partial charge in [-0.25, -0.2) is 9.97 Å². The van der Waals surface area contributed by atoms with E-state index in [2.05, 4.69) is 60.7 Å². The summed E-state index contributed by atoms with van der Waals surface area (Å²) in [6.45, 7) is 6.76. The first-order valence-corrected chi connectivity index (χ1v) is 25.6. The van der Waals surface area contributed by atoms with Gasteiger partial charge in [0.15, 0.2) is 0 Å². The number of pyridine rings is 1. The van der Waals surface area contributed by atoms with Crippen molar-refractivity contribution in [2.75, 3.05) is 65.0 Å². The smallest absolute Gasteiger partial charge is 0.379 e. The summed E-state index contributed by atoms with van der Waals surface area (Å²) in [4.78, 5) is 94.1. The molecule has 2 saturated carbocycles. The molecule has 6 N–H and O–H groups in total. The van der Waals surface area contributed by atoms with E-state index in [0.29, 0.717) is 62.9 Å². The van der Waals surface area contributed by atoms with Crippen LogP contribution in [-0.4, -0.2) is 150 Å². The zero-order valence-electron chi connectivity index (χ0n) is 41.9. The Morgan fingerprint density at radius 3 is 2.27 bits per heavy atom. The molecule has 4 aliphatic rings. The lowest BCUT2D eigenvalue weighted by atomic mass is 9.83. The number of fused-ring (bicyclic) bond motifs is 1. The number of hydrogen-bond donors (Lipinski definition) is 6. The summed E-state index contributed by atoms with van der Waals surface area (Å²) in [7, 11) is 1.68. The van der Waals surface area contributed by atoms with E-state index in [0.717, 1.165) is 30.7 Å². The van der Waals surface area contributed by atoms with Crippen molar-refractivity contribution in [3.63, 3.8) is 0 Å². The highest BCUT2D eigenvalue weighted by Gasteiger charge is 2.44. The summed E-state index contributed by atoms with van der Waals surface area (Å²) in [5.41, 5.74) is 0.288. The van der Waals surface area contributed by atoms with Gasteiger partial charge in [-0.2, -0.15) is 13.2 Å². The van der Waals surface area contributed by atoms with Crippen LogP contribution in [0.3, 0.4) is 0 Å². The molecule has 398 valence electrons. The normalized spacial score (nSPS) is 24.5. The number of carbonyl (C=O) groups is 6. The highest BCUT2D eigenvalue weighted by atomic mass is 19.4. The highest BCUT2D eigenvalue weighted by molar-refractivity contribution is 5.93. The number of alkyl halides is 3. The molecule has 4 fully saturated rings. The molecular formula is C51H70F3N11O8. The Kier molecular flexibility index (Phi) is 19.3. The zero-order valence-corrected chi connectivity index (χ0v) is 41.9. The number of benzene rings is 1. The number of halogens is 3. The van der Waals surface area contributed by atoms with Gasteiger partial charge in [-0.05, 0) is 93.7 Å². The van der Waals surface area contributed by atoms with E-state index in [9.17, 15) is 41.9 Å². The molecule has 0 spiro atoms. The molecule has 3 aromatic rings. The molecule has 4 heterocycles. The second kappa shape index (κ2) is 25.8. The van der Waals surface area contributed by atoms with Gasteiger partial charge < -0.3 is 51.2 Å². The summed E-state index contributed by atoms with van der Waals surface area (Å²) in [5, 5.41) is 18.9. The third kappa shape index (κ3) is 15.1. The van der Waals surface area contributed by atoms with Crippen molar-refractivity contribution in [3.8, 4) is 0 Å². The largest absolute Gasteiger partial charge is 0.416 e. The molecule has 19 nitrogen and oxygen atoms in total. The van der Waals surface area contributed by atoms with E-state index in [1.807, 2.05) is 11.0 Å². The van der Waals surface area contributed by atoms with Crippen LogP contribution in [0.25, 0.3) is 10.9 Å². The number of anilines is 1. The van der Waals surface area contributed by atoms with Crippen LogP contribution in [0.4, 0.5) is 19.0 Å². The van der Waals surface area contributed by atoms with Crippen LogP contribution in [-0.2, 0) is 44.4 Å². The third-order valence-corrected chi connectivity index (χ3v) is 14.3. The number of nitrogens with one attached hydrogen (secondary N) is 6. The van der Waals surface area contributed by atoms with Crippen LogP contribution >= 0.6 is 0 Å². The number of likely N-dealkylation sites (tertiary alicyclic amines) is 2. The molecule has 7 rings (SSSR count). The van der Waals surface area contributed by atoms with Crippen LogP contribution in [0, 0.1) is 17.8 Å². The van der Waals surface area contributed by atoms with Gasteiger partial charge in [-0.1, -0.05) is 19.9 Å². The average Bonchev–Trinajstić information content (AvgIpc) is 3.88. The van der Waals surface area contributed by atoms with E-state index in [-0.39, 0.29) is 136 Å². The van der Waals surface area contributed by atoms with Gasteiger partial charge >= 0.3 is 6.18 Å². The SMILES string of the molecule is CC(C)CN[C@@H]1CC[C@H](N2CC[C@H](Nc3ncnc4ccc(C(F)(F)F)cc34)C2=O)[C@H](NC(=O)C2CCC(NC(=O)CCOCCNC(=O)CCOCCNC(=O)[C@H]3CC(=O)N(C)[C@@H]3c3cccnc3)CC2)C1. The maximum absolute atomic E-state index is 14.0. The fourth-order valence-corrected chi connectivity index (χ4v) is 10.4. The van der Waals surface area contributed by atoms with Crippen molar-refractivity contribution < 1.29 is 51.4 Å². The summed E-state index contributed by atoms with van der Waals surface area (Å²) in [5.74, 6) is -1.20. The van der Waals surface area contributed by atoms with E-state index in [1.54, 1.807) is 30.4 Å². The standard InChI is InChI=1S/C51H70F3N11O8/c1-31(2)28-58-36-11-13-42(65-20-14-40(50(65)71)62-47-37-25-34(51(52,53)54)8-12-39(37)59-30-60-47)41(26-36)63-48(69)32-6-9-35(10-7-32)61-44(67)16-22-73-23-18-56-43(66)15-21-72-24-19-57-49(70)38-27-45(68)64(3)46(38)33-5-4-17-55-29-33/h4-5,8,12,17,25,29-32,35-36,38,40-42,46,58H,6-7,9-11,13-16,18-24,26-28H2,1-3H3,(H,56,66)(H,57,70)(H,61,67)(H,63,69)(H,59,60,62)/t32?,35?,36-,38+,40+,41-,42+,46-/m1/s1. The molecular weight excluding hydrogens is 952 g/mol. The van der Waals surface area contributed by atoms with Crippen LogP contribution in [0.2, 0.25) is 0 Å². The Bertz CT molecular complexity index is 2370. The second-order valence-electron chi connectivity index (χ2n) is 20.0. The fourth-order valence-electron chi connectivity index (χ4n) is 10.4. The maximum atomic E-state index is 14.0. The molecule has 1 aromatic carbocycles. The molecule has 6 atom stereocenters. The number of hydrogen-bond acceptors (Lipinski definition) is 13. The Labute approximate surface area is 423 Å². The van der Waals surface area contributed by atoms with Crippen LogP contribution < -0.4 is 31.9 Å². The first kappa shape index (κ1) is 54.8. The molecule has 2 aliphatic carbocycles. The van der Waals surface area contributed by atoms with Gasteiger partial charge in [0.2, 0.25) is 35.4 Å². The predicted octanol–water partition coefficient (Wildman–Crippen LogP) is 3.65. The van der Waals surface area contributed by atoms with Crippen molar-refractivity contribution in [1.29, 1.82) is 0 Å². The lowest BCUT2D eigenvalue weighted by Gasteiger charge is -2.42. The van der Waals surface area contributed by atoms with Gasteiger partial charge in [0, 0.05) is 81.7 Å². The zero-order chi connectivity index (χ0) is 52.1. The molecule has 0 radical (unpaired) electrons. The topological polar surface area (TPSA) is 238 Å². The van der Waals surface area contributed by atoms with E-state index < -0.39 is 29.7 Å². The number of carbonyl (C=O) groups excluding carboxylic acids is 6. The van der Waals surface area contributed by atoms with Gasteiger partial charge in [0.25, 0.3) is 0 Å². The third-order valence-electron chi connectivity index (χ3n) is 14.3. The Hall–Kier alpha value is -6.00. The fraction of sp³-hybridized carbons (Fsp3) is 0.627. The number of rotatable bonds is 23. The molecule has 73 heavy (non-hydrogen) atoms. The molecule has 0 bridgehead atoms. The molecule has 2 aromatic heterocycles. The van der Waals surface area contributed by atoms with Gasteiger partial charge in [-0.15, -0.1) is 0 Å². The van der Waals surface area contributed by atoms with Crippen LogP contribution in [0.1, 0.15) is 102 Å². The Balaban J connectivity index is 0.767. The number of ether oxygens (including phenoxy) is 2. The van der Waals surface area contributed by atoms with Crippen molar-refractivity contribution in [2.24, 2.45) is 17.8 Å². The summed E-state index contributed by atoms with van der Waals surface area (Å²) in [6.07, 6.45) is 5.38. The lowest BCUT2D eigenvalue weighted by Crippen LogP contribution is -2.59. The molecule has 0 unspecified atom stereocenters. The van der Waals surface area contributed by atoms with E-state index >= 15 is 0 Å². The number of amides is 6. The van der Waals surface area contributed by atoms with Crippen LogP contribution in [0.15, 0.2) is 49.1 Å². The summed E-state index contributed by atoms with van der Waals surface area (Å²) >= 11 is 0. The predicted molar refractivity (Wildman–Crippen MR) is 263 cm³/mol. The number of nitrogens with zero attached hydrogens (tertiary/aromatic N) is 5. The van der Waals surface area contributed by atoms with Gasteiger partial charge in [-0.3, -0.25) is 33.8 Å². The average molecular weight is 1020 g/mol. The Morgan fingerprint density at radius 2 is 1.56 bits per heavy atom. The summed E-state index contributed by atoms with van der Waals surface area (Å²) < 4.78 is 51.9. The van der Waals surface area contributed by atoms with Crippen molar-refractivity contribution >= 4 is 52.2 Å². The van der Waals surface area contributed by atoms with Crippen molar-refractivity contribution in [3.05, 3.63) is 60.2 Å². The maximum Gasteiger partial charge on any atom is 0.416 e. The molecule has 2 aliphatic heterocycles. The quantitative estimate of drug-likeness (QED) is 0.0746.